The number of nitrogens with one attached hydrogen (secondary N) is 1. The van der Waals surface area contributed by atoms with E-state index in [1.807, 2.05) is 0 Å². The van der Waals surface area contributed by atoms with Gasteiger partial charge in [0.05, 0.1) is 6.61 Å². The highest BCUT2D eigenvalue weighted by Gasteiger charge is 2.34. The van der Waals surface area contributed by atoms with E-state index in [-0.39, 0.29) is 17.2 Å². The Morgan fingerprint density at radius 1 is 1.71 bits per heavy atom. The van der Waals surface area contributed by atoms with Gasteiger partial charge < -0.3 is 14.8 Å². The third kappa shape index (κ3) is 2.94. The zero-order chi connectivity index (χ0) is 12.3. The second-order valence-corrected chi connectivity index (χ2v) is 4.94. The average Bonchev–Trinajstić information content (AvgIpc) is 2.77. The van der Waals surface area contributed by atoms with Crippen molar-refractivity contribution < 1.29 is 13.9 Å². The van der Waals surface area contributed by atoms with Crippen LogP contribution in [0.5, 0.6) is 0 Å². The van der Waals surface area contributed by atoms with Crippen LogP contribution in [0.2, 0.25) is 0 Å². The molecule has 94 valence electrons. The maximum Gasteiger partial charge on any atom is 0.166 e. The first kappa shape index (κ1) is 12.7. The molecule has 0 aromatic carbocycles. The van der Waals surface area contributed by atoms with Gasteiger partial charge in [-0.25, -0.2) is 9.37 Å². The summed E-state index contributed by atoms with van der Waals surface area (Å²) in [5.74, 6) is -0.152. The molecule has 2 heterocycles. The predicted molar refractivity (Wildman–Crippen MR) is 65.6 cm³/mol. The number of pyridine rings is 1. The summed E-state index contributed by atoms with van der Waals surface area (Å²) >= 11 is 3.16. The molecule has 1 aliphatic heterocycles. The van der Waals surface area contributed by atoms with Gasteiger partial charge in [0.25, 0.3) is 0 Å². The van der Waals surface area contributed by atoms with Crippen LogP contribution in [0.4, 0.5) is 10.2 Å². The average molecular weight is 305 g/mol. The van der Waals surface area contributed by atoms with E-state index in [1.54, 1.807) is 13.3 Å². The summed E-state index contributed by atoms with van der Waals surface area (Å²) in [6, 6.07) is 1.37. The number of hydrogen-bond acceptors (Lipinski definition) is 4. The third-order valence-electron chi connectivity index (χ3n) is 2.89. The smallest absolute Gasteiger partial charge is 0.166 e. The minimum atomic E-state index is -0.385. The second-order valence-electron chi connectivity index (χ2n) is 4.03. The molecule has 1 saturated heterocycles. The van der Waals surface area contributed by atoms with Gasteiger partial charge >= 0.3 is 0 Å². The van der Waals surface area contributed by atoms with Crippen LogP contribution in [-0.4, -0.2) is 37.5 Å². The van der Waals surface area contributed by atoms with Crippen LogP contribution in [0, 0.1) is 5.82 Å². The van der Waals surface area contributed by atoms with Crippen molar-refractivity contribution in [2.24, 2.45) is 0 Å². The summed E-state index contributed by atoms with van der Waals surface area (Å²) < 4.78 is 24.9. The lowest BCUT2D eigenvalue weighted by molar-refractivity contribution is -0.00629. The molecule has 0 amide bonds. The maximum atomic E-state index is 13.5. The Morgan fingerprint density at radius 2 is 2.53 bits per heavy atom. The predicted octanol–water partition coefficient (Wildman–Crippen LogP) is 2.20. The number of halogens is 2. The first-order valence-electron chi connectivity index (χ1n) is 5.33. The Morgan fingerprint density at radius 3 is 3.12 bits per heavy atom. The van der Waals surface area contributed by atoms with Gasteiger partial charge in [0.2, 0.25) is 0 Å². The lowest BCUT2D eigenvalue weighted by atomic mass is 10.0. The van der Waals surface area contributed by atoms with Crippen molar-refractivity contribution in [1.82, 2.24) is 4.98 Å². The van der Waals surface area contributed by atoms with Gasteiger partial charge in [-0.05, 0) is 22.0 Å². The van der Waals surface area contributed by atoms with E-state index in [2.05, 4.69) is 26.2 Å². The van der Waals surface area contributed by atoms with Gasteiger partial charge in [-0.15, -0.1) is 0 Å². The standard InChI is InChI=1S/C11H14BrFN2O2/c1-16-11(2-3-17-7-11)6-15-10-9(13)4-8(12)5-14-10/h4-5H,2-3,6-7H2,1H3,(H,14,15). The SMILES string of the molecule is COC1(CNc2ncc(Br)cc2F)CCOC1. The molecule has 1 aromatic rings. The monoisotopic (exact) mass is 304 g/mol. The molecule has 0 bridgehead atoms. The molecule has 1 N–H and O–H groups in total. The number of ether oxygens (including phenoxy) is 2. The topological polar surface area (TPSA) is 43.4 Å². The molecule has 0 radical (unpaired) electrons. The van der Waals surface area contributed by atoms with Crippen LogP contribution in [0.3, 0.4) is 0 Å². The Bertz CT molecular complexity index is 397. The van der Waals surface area contributed by atoms with E-state index >= 15 is 0 Å². The molecule has 0 saturated carbocycles. The summed E-state index contributed by atoms with van der Waals surface area (Å²) in [7, 11) is 1.64. The van der Waals surface area contributed by atoms with E-state index in [0.717, 1.165) is 6.42 Å². The molecule has 0 aliphatic carbocycles. The summed E-state index contributed by atoms with van der Waals surface area (Å²) in [5, 5.41) is 2.96. The van der Waals surface area contributed by atoms with Crippen LogP contribution in [-0.2, 0) is 9.47 Å². The maximum absolute atomic E-state index is 13.5. The van der Waals surface area contributed by atoms with E-state index in [0.29, 0.717) is 24.2 Å². The number of nitrogens with zero attached hydrogens (tertiary/aromatic N) is 1. The fraction of sp³-hybridized carbons (Fsp3) is 0.545. The van der Waals surface area contributed by atoms with Crippen molar-refractivity contribution >= 4 is 21.7 Å². The van der Waals surface area contributed by atoms with E-state index in [1.165, 1.54) is 6.07 Å². The van der Waals surface area contributed by atoms with Crippen molar-refractivity contribution in [2.75, 3.05) is 32.2 Å². The van der Waals surface area contributed by atoms with Gasteiger partial charge in [-0.1, -0.05) is 0 Å². The molecule has 1 fully saturated rings. The number of anilines is 1. The van der Waals surface area contributed by atoms with Crippen LogP contribution in [0.1, 0.15) is 6.42 Å². The highest BCUT2D eigenvalue weighted by atomic mass is 79.9. The molecule has 1 aliphatic rings. The van der Waals surface area contributed by atoms with Crippen molar-refractivity contribution in [1.29, 1.82) is 0 Å². The Labute approximate surface area is 108 Å². The highest BCUT2D eigenvalue weighted by Crippen LogP contribution is 2.24. The molecule has 1 aromatic heterocycles. The molecule has 1 atom stereocenters. The first-order chi connectivity index (χ1) is 8.15. The lowest BCUT2D eigenvalue weighted by Gasteiger charge is -2.26. The van der Waals surface area contributed by atoms with Crippen LogP contribution in [0.25, 0.3) is 0 Å². The quantitative estimate of drug-likeness (QED) is 0.926. The largest absolute Gasteiger partial charge is 0.378 e. The Balaban J connectivity index is 2.01. The summed E-state index contributed by atoms with van der Waals surface area (Å²) in [6.45, 7) is 1.68. The molecular formula is C11H14BrFN2O2. The highest BCUT2D eigenvalue weighted by molar-refractivity contribution is 9.10. The molecule has 4 nitrogen and oxygen atoms in total. The lowest BCUT2D eigenvalue weighted by Crippen LogP contribution is -2.39. The van der Waals surface area contributed by atoms with Crippen LogP contribution in [0.15, 0.2) is 16.7 Å². The minimum absolute atomic E-state index is 0.233. The van der Waals surface area contributed by atoms with E-state index in [9.17, 15) is 4.39 Å². The number of hydrogen-bond donors (Lipinski definition) is 1. The molecule has 0 spiro atoms. The number of methoxy groups -OCH3 is 1. The van der Waals surface area contributed by atoms with E-state index in [4.69, 9.17) is 9.47 Å². The van der Waals surface area contributed by atoms with Gasteiger partial charge in [0.1, 0.15) is 5.60 Å². The third-order valence-corrected chi connectivity index (χ3v) is 3.32. The van der Waals surface area contributed by atoms with Crippen molar-refractivity contribution in [3.8, 4) is 0 Å². The Hall–Kier alpha value is -0.720. The van der Waals surface area contributed by atoms with Gasteiger partial charge in [-0.2, -0.15) is 0 Å². The van der Waals surface area contributed by atoms with Crippen LogP contribution < -0.4 is 5.32 Å². The number of rotatable bonds is 4. The van der Waals surface area contributed by atoms with Gasteiger partial charge in [0.15, 0.2) is 11.6 Å². The first-order valence-corrected chi connectivity index (χ1v) is 6.12. The fourth-order valence-corrected chi connectivity index (χ4v) is 2.05. The molecule has 6 heteroatoms. The molecule has 17 heavy (non-hydrogen) atoms. The summed E-state index contributed by atoms with van der Waals surface area (Å²) in [6.07, 6.45) is 2.35. The number of aromatic nitrogens is 1. The normalized spacial score (nSPS) is 23.9. The molecular weight excluding hydrogens is 291 g/mol. The zero-order valence-corrected chi connectivity index (χ0v) is 11.1. The zero-order valence-electron chi connectivity index (χ0n) is 9.50. The van der Waals surface area contributed by atoms with Crippen molar-refractivity contribution in [3.63, 3.8) is 0 Å². The van der Waals surface area contributed by atoms with Gasteiger partial charge in [0, 0.05) is 37.4 Å². The Kier molecular flexibility index (Phi) is 3.96. The van der Waals surface area contributed by atoms with Crippen LogP contribution >= 0.6 is 15.9 Å². The van der Waals surface area contributed by atoms with Crippen molar-refractivity contribution in [3.05, 3.63) is 22.6 Å². The second kappa shape index (κ2) is 5.29. The summed E-state index contributed by atoms with van der Waals surface area (Å²) in [5.41, 5.74) is -0.374. The molecule has 2 rings (SSSR count). The molecule has 1 unspecified atom stereocenters. The fourth-order valence-electron chi connectivity index (χ4n) is 1.75. The van der Waals surface area contributed by atoms with E-state index < -0.39 is 0 Å². The van der Waals surface area contributed by atoms with Gasteiger partial charge in [-0.3, -0.25) is 0 Å². The van der Waals surface area contributed by atoms with Crippen molar-refractivity contribution in [2.45, 2.75) is 12.0 Å². The summed E-state index contributed by atoms with van der Waals surface area (Å²) in [4.78, 5) is 3.97. The minimum Gasteiger partial charge on any atom is -0.378 e.